The molecule has 214 valence electrons. The Morgan fingerprint density at radius 2 is 1.62 bits per heavy atom. The molecule has 1 aliphatic rings. The summed E-state index contributed by atoms with van der Waals surface area (Å²) in [5, 5.41) is 2.97. The Morgan fingerprint density at radius 3 is 2.31 bits per heavy atom. The molecule has 10 heteroatoms. The van der Waals surface area contributed by atoms with Crippen LogP contribution in [-0.2, 0) is 20.9 Å². The molecule has 0 fully saturated rings. The fraction of sp³-hybridized carbons (Fsp3) is 0.156. The Morgan fingerprint density at radius 1 is 0.929 bits per heavy atom. The van der Waals surface area contributed by atoms with E-state index in [0.717, 1.165) is 22.5 Å². The van der Waals surface area contributed by atoms with Crippen LogP contribution >= 0.6 is 11.3 Å². The first-order valence-corrected chi connectivity index (χ1v) is 13.8. The molecule has 4 aromatic rings. The van der Waals surface area contributed by atoms with E-state index in [0.29, 0.717) is 26.3 Å². The predicted octanol–water partition coefficient (Wildman–Crippen LogP) is 2.32. The highest BCUT2D eigenvalue weighted by atomic mass is 32.1. The highest BCUT2D eigenvalue weighted by Gasteiger charge is 2.39. The lowest BCUT2D eigenvalue weighted by molar-refractivity contribution is -0.136. The molecule has 1 atom stereocenters. The molecular weight excluding hydrogens is 554 g/mol. The zero-order valence-electron chi connectivity index (χ0n) is 23.2. The highest BCUT2D eigenvalue weighted by molar-refractivity contribution is 7.07. The summed E-state index contributed by atoms with van der Waals surface area (Å²) in [6, 6.07) is 23.7. The molecule has 0 radical (unpaired) electrons. The highest BCUT2D eigenvalue weighted by Crippen LogP contribution is 2.38. The summed E-state index contributed by atoms with van der Waals surface area (Å²) in [6.07, 6.45) is 1.70. The molecule has 1 aromatic heterocycles. The second-order valence-electron chi connectivity index (χ2n) is 9.42. The van der Waals surface area contributed by atoms with Gasteiger partial charge >= 0.3 is 5.97 Å². The summed E-state index contributed by atoms with van der Waals surface area (Å²) in [5.74, 6) is -1.09. The largest absolute Gasteiger partial charge is 0.497 e. The van der Waals surface area contributed by atoms with E-state index in [1.165, 1.54) is 18.8 Å². The molecule has 0 saturated carbocycles. The number of carbonyl (C=O) groups excluding carboxylic acids is 2. The molecule has 1 unspecified atom stereocenters. The number of hydrogen-bond donors (Lipinski definition) is 2. The summed E-state index contributed by atoms with van der Waals surface area (Å²) >= 11 is 1.12. The fourth-order valence-electron chi connectivity index (χ4n) is 4.89. The lowest BCUT2D eigenvalue weighted by Gasteiger charge is -2.27. The van der Waals surface area contributed by atoms with Gasteiger partial charge < -0.3 is 25.3 Å². The van der Waals surface area contributed by atoms with E-state index in [9.17, 15) is 14.4 Å². The van der Waals surface area contributed by atoms with Crippen molar-refractivity contribution in [2.75, 3.05) is 21.3 Å². The number of hydrogen-bond acceptors (Lipinski definition) is 8. The maximum Gasteiger partial charge on any atom is 0.338 e. The Bertz CT molecular complexity index is 1870. The van der Waals surface area contributed by atoms with Gasteiger partial charge in [0.15, 0.2) is 0 Å². The minimum atomic E-state index is -0.939. The van der Waals surface area contributed by atoms with Crippen LogP contribution < -0.4 is 35.3 Å². The minimum absolute atomic E-state index is 0.0176. The third-order valence-corrected chi connectivity index (χ3v) is 8.02. The summed E-state index contributed by atoms with van der Waals surface area (Å²) in [7, 11) is 4.32. The number of aromatic nitrogens is 1. The normalized spacial score (nSPS) is 14.8. The smallest absolute Gasteiger partial charge is 0.338 e. The van der Waals surface area contributed by atoms with Gasteiger partial charge in [-0.25, -0.2) is 4.79 Å². The van der Waals surface area contributed by atoms with Crippen LogP contribution in [0.4, 0.5) is 0 Å². The van der Waals surface area contributed by atoms with Crippen molar-refractivity contribution in [3.05, 3.63) is 121 Å². The summed E-state index contributed by atoms with van der Waals surface area (Å²) in [4.78, 5) is 41.2. The predicted molar refractivity (Wildman–Crippen MR) is 161 cm³/mol. The topological polar surface area (TPSA) is 122 Å². The third kappa shape index (κ3) is 5.44. The monoisotopic (exact) mass is 583 g/mol. The molecule has 1 amide bonds. The Balaban J connectivity index is 1.79. The average molecular weight is 584 g/mol. The van der Waals surface area contributed by atoms with Crippen molar-refractivity contribution >= 4 is 40.7 Å². The molecule has 0 saturated heterocycles. The number of ether oxygens (including phenoxy) is 3. The Kier molecular flexibility index (Phi) is 8.26. The number of nitrogens with two attached hydrogens (primary N) is 1. The molecule has 2 heterocycles. The zero-order chi connectivity index (χ0) is 29.8. The van der Waals surface area contributed by atoms with E-state index >= 15 is 0 Å². The first-order valence-electron chi connectivity index (χ1n) is 13.0. The first kappa shape index (κ1) is 28.4. The van der Waals surface area contributed by atoms with E-state index in [1.807, 2.05) is 42.5 Å². The molecule has 3 N–H and O–H groups in total. The average Bonchev–Trinajstić information content (AvgIpc) is 3.35. The van der Waals surface area contributed by atoms with Gasteiger partial charge in [0, 0.05) is 6.54 Å². The van der Waals surface area contributed by atoms with E-state index in [-0.39, 0.29) is 23.5 Å². The summed E-state index contributed by atoms with van der Waals surface area (Å²) in [5.41, 5.74) is 8.49. The number of methoxy groups -OCH3 is 3. The van der Waals surface area contributed by atoms with Crippen LogP contribution in [-0.4, -0.2) is 37.8 Å². The Hall–Kier alpha value is -5.09. The number of thiazole rings is 1. The molecule has 1 aliphatic heterocycles. The molecule has 0 aliphatic carbocycles. The van der Waals surface area contributed by atoms with Gasteiger partial charge in [-0.1, -0.05) is 54.6 Å². The molecule has 3 aromatic carbocycles. The standard InChI is InChI=1S/C32H29N3O6S/c1-39-22-13-7-11-20(15-22)16-24-30(37)35-28(33)26(32(38)41-3)25(21-12-8-14-23(17-21)40-2)27(31(35)42-24)29(36)34-18-19-9-5-4-6-10-19/h4-17,25H,18,33H2,1-3H3,(H,34,36)/b24-16+. The van der Waals surface area contributed by atoms with Crippen molar-refractivity contribution < 1.29 is 23.8 Å². The van der Waals surface area contributed by atoms with Crippen molar-refractivity contribution in [1.82, 2.24) is 9.88 Å². The summed E-state index contributed by atoms with van der Waals surface area (Å²) < 4.78 is 17.7. The summed E-state index contributed by atoms with van der Waals surface area (Å²) in [6.45, 7) is 0.235. The third-order valence-electron chi connectivity index (χ3n) is 6.91. The number of benzene rings is 3. The molecule has 5 rings (SSSR count). The molecular formula is C32H29N3O6S. The van der Waals surface area contributed by atoms with E-state index in [1.54, 1.807) is 49.6 Å². The first-order chi connectivity index (χ1) is 20.4. The second kappa shape index (κ2) is 12.2. The minimum Gasteiger partial charge on any atom is -0.497 e. The number of fused-ring (bicyclic) bond motifs is 1. The second-order valence-corrected chi connectivity index (χ2v) is 10.4. The van der Waals surface area contributed by atoms with E-state index < -0.39 is 23.4 Å². The lowest BCUT2D eigenvalue weighted by Crippen LogP contribution is -2.43. The van der Waals surface area contributed by atoms with Crippen LogP contribution in [0.25, 0.3) is 17.5 Å². The number of rotatable bonds is 8. The number of nitrogens with one attached hydrogen (secondary N) is 1. The number of carbonyl (C=O) groups is 2. The van der Waals surface area contributed by atoms with Crippen LogP contribution in [0.5, 0.6) is 11.5 Å². The SMILES string of the molecule is COC(=O)C1=C(N)n2c(s/c(=C/c3cccc(OC)c3)c2=O)=C(C(=O)NCc2ccccc2)C1c1cccc(OC)c1. The van der Waals surface area contributed by atoms with Crippen molar-refractivity contribution in [3.8, 4) is 11.5 Å². The van der Waals surface area contributed by atoms with Crippen LogP contribution in [0.2, 0.25) is 0 Å². The van der Waals surface area contributed by atoms with Crippen LogP contribution in [0.15, 0.2) is 89.2 Å². The van der Waals surface area contributed by atoms with Gasteiger partial charge in [-0.15, -0.1) is 11.3 Å². The number of amides is 1. The molecule has 9 nitrogen and oxygen atoms in total. The van der Waals surface area contributed by atoms with Gasteiger partial charge in [-0.3, -0.25) is 14.2 Å². The van der Waals surface area contributed by atoms with Gasteiger partial charge in [0.2, 0.25) is 0 Å². The lowest BCUT2D eigenvalue weighted by atomic mass is 9.82. The number of esters is 1. The van der Waals surface area contributed by atoms with Gasteiger partial charge in [-0.05, 0) is 47.0 Å². The molecule has 42 heavy (non-hydrogen) atoms. The van der Waals surface area contributed by atoms with E-state index in [2.05, 4.69) is 5.32 Å². The van der Waals surface area contributed by atoms with Crippen molar-refractivity contribution in [2.45, 2.75) is 12.5 Å². The van der Waals surface area contributed by atoms with Crippen LogP contribution in [0, 0.1) is 0 Å². The zero-order valence-corrected chi connectivity index (χ0v) is 24.1. The van der Waals surface area contributed by atoms with Gasteiger partial charge in [0.25, 0.3) is 11.5 Å². The maximum absolute atomic E-state index is 14.1. The maximum atomic E-state index is 14.1. The Labute approximate surface area is 245 Å². The number of nitrogens with zero attached hydrogens (tertiary/aromatic N) is 1. The van der Waals surface area contributed by atoms with Crippen molar-refractivity contribution in [3.63, 3.8) is 0 Å². The van der Waals surface area contributed by atoms with Crippen LogP contribution in [0.1, 0.15) is 22.6 Å². The van der Waals surface area contributed by atoms with Gasteiger partial charge in [-0.2, -0.15) is 0 Å². The van der Waals surface area contributed by atoms with Gasteiger partial charge in [0.1, 0.15) is 22.0 Å². The van der Waals surface area contributed by atoms with Crippen LogP contribution in [0.3, 0.4) is 0 Å². The quantitative estimate of drug-likeness (QED) is 0.306. The van der Waals surface area contributed by atoms with Gasteiger partial charge in [0.05, 0.1) is 42.9 Å². The van der Waals surface area contributed by atoms with Crippen molar-refractivity contribution in [2.24, 2.45) is 5.73 Å². The molecule has 0 spiro atoms. The van der Waals surface area contributed by atoms with E-state index in [4.69, 9.17) is 19.9 Å². The fourth-order valence-corrected chi connectivity index (χ4v) is 6.06. The van der Waals surface area contributed by atoms with Crippen molar-refractivity contribution in [1.29, 1.82) is 0 Å². The molecule has 0 bridgehead atoms.